The van der Waals surface area contributed by atoms with Crippen LogP contribution in [0.1, 0.15) is 11.1 Å². The first-order valence-electron chi connectivity index (χ1n) is 6.77. The first kappa shape index (κ1) is 15.0. The Labute approximate surface area is 125 Å². The molecule has 0 saturated heterocycles. The van der Waals surface area contributed by atoms with Crippen molar-refractivity contribution in [1.29, 1.82) is 0 Å². The molecule has 0 saturated carbocycles. The fraction of sp³-hybridized carbons (Fsp3) is 0.294. The highest BCUT2D eigenvalue weighted by Gasteiger charge is 2.06. The van der Waals surface area contributed by atoms with Crippen molar-refractivity contribution in [2.45, 2.75) is 13.5 Å². The van der Waals surface area contributed by atoms with Crippen molar-refractivity contribution < 1.29 is 14.2 Å². The minimum absolute atomic E-state index is 0.660. The van der Waals surface area contributed by atoms with Gasteiger partial charge < -0.3 is 19.5 Å². The number of nitrogens with one attached hydrogen (secondary N) is 1. The minimum Gasteiger partial charge on any atom is -0.497 e. The van der Waals surface area contributed by atoms with Crippen molar-refractivity contribution >= 4 is 5.69 Å². The Morgan fingerprint density at radius 2 is 1.52 bits per heavy atom. The smallest absolute Gasteiger partial charge is 0.124 e. The molecule has 0 spiro atoms. The predicted octanol–water partition coefficient (Wildman–Crippen LogP) is 3.63. The largest absolute Gasteiger partial charge is 0.497 e. The van der Waals surface area contributed by atoms with Crippen LogP contribution < -0.4 is 19.5 Å². The van der Waals surface area contributed by atoms with Crippen molar-refractivity contribution in [1.82, 2.24) is 0 Å². The summed E-state index contributed by atoms with van der Waals surface area (Å²) in [5.41, 5.74) is 3.25. The Kier molecular flexibility index (Phi) is 4.93. The Balaban J connectivity index is 2.15. The van der Waals surface area contributed by atoms with Crippen LogP contribution in [0.25, 0.3) is 0 Å². The maximum absolute atomic E-state index is 5.38. The molecule has 2 aromatic rings. The number of rotatable bonds is 6. The zero-order chi connectivity index (χ0) is 15.2. The number of ether oxygens (including phenoxy) is 3. The number of anilines is 1. The second-order valence-corrected chi connectivity index (χ2v) is 4.71. The lowest BCUT2D eigenvalue weighted by molar-refractivity contribution is 0.399. The Morgan fingerprint density at radius 3 is 2.14 bits per heavy atom. The molecule has 0 aliphatic carbocycles. The van der Waals surface area contributed by atoms with Crippen molar-refractivity contribution in [2.24, 2.45) is 0 Å². The van der Waals surface area contributed by atoms with Crippen LogP contribution in [0.15, 0.2) is 36.4 Å². The van der Waals surface area contributed by atoms with Crippen molar-refractivity contribution in [3.63, 3.8) is 0 Å². The second kappa shape index (κ2) is 6.88. The van der Waals surface area contributed by atoms with Gasteiger partial charge in [0.05, 0.1) is 21.3 Å². The summed E-state index contributed by atoms with van der Waals surface area (Å²) in [6, 6.07) is 11.7. The van der Waals surface area contributed by atoms with Gasteiger partial charge in [-0.25, -0.2) is 0 Å². The van der Waals surface area contributed by atoms with E-state index in [1.807, 2.05) is 43.3 Å². The molecule has 0 bridgehead atoms. The molecule has 2 rings (SSSR count). The van der Waals surface area contributed by atoms with Gasteiger partial charge in [0.2, 0.25) is 0 Å². The highest BCUT2D eigenvalue weighted by atomic mass is 16.5. The highest BCUT2D eigenvalue weighted by molar-refractivity contribution is 5.54. The summed E-state index contributed by atoms with van der Waals surface area (Å²) in [4.78, 5) is 0. The van der Waals surface area contributed by atoms with Crippen LogP contribution in [-0.4, -0.2) is 21.3 Å². The number of hydrogen-bond donors (Lipinski definition) is 1. The molecule has 0 heterocycles. The third kappa shape index (κ3) is 3.60. The number of hydrogen-bond acceptors (Lipinski definition) is 4. The Morgan fingerprint density at radius 1 is 0.857 bits per heavy atom. The molecule has 112 valence electrons. The first-order chi connectivity index (χ1) is 10.2. The molecule has 0 fully saturated rings. The van der Waals surface area contributed by atoms with Crippen molar-refractivity contribution in [3.05, 3.63) is 47.5 Å². The van der Waals surface area contributed by atoms with E-state index in [1.165, 1.54) is 0 Å². The molecule has 4 nitrogen and oxygen atoms in total. The van der Waals surface area contributed by atoms with Crippen molar-refractivity contribution in [3.8, 4) is 17.2 Å². The quantitative estimate of drug-likeness (QED) is 0.880. The summed E-state index contributed by atoms with van der Waals surface area (Å²) in [5.74, 6) is 2.52. The summed E-state index contributed by atoms with van der Waals surface area (Å²) in [6.07, 6.45) is 0. The molecule has 1 N–H and O–H groups in total. The van der Waals surface area contributed by atoms with E-state index < -0.39 is 0 Å². The zero-order valence-corrected chi connectivity index (χ0v) is 12.9. The summed E-state index contributed by atoms with van der Waals surface area (Å²) in [5, 5.41) is 3.42. The average Bonchev–Trinajstić information content (AvgIpc) is 2.53. The molecule has 0 aliphatic rings. The van der Waals surface area contributed by atoms with Gasteiger partial charge in [0.15, 0.2) is 0 Å². The molecule has 4 heteroatoms. The molecule has 0 radical (unpaired) electrons. The Hall–Kier alpha value is -2.36. The lowest BCUT2D eigenvalue weighted by Gasteiger charge is -2.14. The topological polar surface area (TPSA) is 39.7 Å². The Bertz CT molecular complexity index is 611. The van der Waals surface area contributed by atoms with E-state index >= 15 is 0 Å². The van der Waals surface area contributed by atoms with E-state index in [4.69, 9.17) is 14.2 Å². The van der Waals surface area contributed by atoms with E-state index in [9.17, 15) is 0 Å². The highest BCUT2D eigenvalue weighted by Crippen LogP contribution is 2.26. The lowest BCUT2D eigenvalue weighted by atomic mass is 10.1. The van der Waals surface area contributed by atoms with Crippen molar-refractivity contribution in [2.75, 3.05) is 26.6 Å². The molecule has 0 unspecified atom stereocenters. The lowest BCUT2D eigenvalue weighted by Crippen LogP contribution is -2.03. The molecule has 0 aliphatic heterocycles. The predicted molar refractivity (Wildman–Crippen MR) is 84.6 cm³/mol. The summed E-state index contributed by atoms with van der Waals surface area (Å²) < 4.78 is 15.9. The fourth-order valence-electron chi connectivity index (χ4n) is 2.17. The van der Waals surface area contributed by atoms with E-state index in [-0.39, 0.29) is 0 Å². The number of methoxy groups -OCH3 is 3. The fourth-order valence-corrected chi connectivity index (χ4v) is 2.17. The molecular formula is C17H21NO3. The number of benzene rings is 2. The van der Waals surface area contributed by atoms with Crippen LogP contribution in [0, 0.1) is 6.92 Å². The monoisotopic (exact) mass is 287 g/mol. The third-order valence-corrected chi connectivity index (χ3v) is 3.39. The van der Waals surface area contributed by atoms with Gasteiger partial charge in [0.1, 0.15) is 17.2 Å². The van der Waals surface area contributed by atoms with E-state index in [2.05, 4.69) is 5.32 Å². The minimum atomic E-state index is 0.660. The van der Waals surface area contributed by atoms with Crippen LogP contribution in [-0.2, 0) is 6.54 Å². The van der Waals surface area contributed by atoms with Gasteiger partial charge in [-0.3, -0.25) is 0 Å². The van der Waals surface area contributed by atoms with Gasteiger partial charge in [-0.05, 0) is 48.9 Å². The molecule has 2 aromatic carbocycles. The summed E-state index contributed by atoms with van der Waals surface area (Å²) >= 11 is 0. The maximum Gasteiger partial charge on any atom is 0.124 e. The maximum atomic E-state index is 5.38. The standard InChI is InChI=1S/C17H21NO3/c1-12-9-14(19-2)5-7-16(12)18-11-13-10-15(20-3)6-8-17(13)21-4/h5-10,18H,11H2,1-4H3. The normalized spacial score (nSPS) is 10.1. The summed E-state index contributed by atoms with van der Waals surface area (Å²) in [6.45, 7) is 2.71. The third-order valence-electron chi connectivity index (χ3n) is 3.39. The summed E-state index contributed by atoms with van der Waals surface area (Å²) in [7, 11) is 5.00. The van der Waals surface area contributed by atoms with E-state index in [1.54, 1.807) is 21.3 Å². The van der Waals surface area contributed by atoms with Gasteiger partial charge in [0, 0.05) is 17.8 Å². The zero-order valence-electron chi connectivity index (χ0n) is 12.9. The van der Waals surface area contributed by atoms with Gasteiger partial charge in [-0.2, -0.15) is 0 Å². The number of aryl methyl sites for hydroxylation is 1. The van der Waals surface area contributed by atoms with Gasteiger partial charge in [-0.1, -0.05) is 0 Å². The molecule has 0 atom stereocenters. The van der Waals surface area contributed by atoms with Crippen LogP contribution in [0.3, 0.4) is 0 Å². The van der Waals surface area contributed by atoms with Gasteiger partial charge in [0.25, 0.3) is 0 Å². The van der Waals surface area contributed by atoms with Gasteiger partial charge in [-0.15, -0.1) is 0 Å². The van der Waals surface area contributed by atoms with Crippen LogP contribution in [0.5, 0.6) is 17.2 Å². The second-order valence-electron chi connectivity index (χ2n) is 4.71. The van der Waals surface area contributed by atoms with Crippen LogP contribution >= 0.6 is 0 Å². The van der Waals surface area contributed by atoms with E-state index in [0.717, 1.165) is 34.1 Å². The van der Waals surface area contributed by atoms with Crippen LogP contribution in [0.4, 0.5) is 5.69 Å². The van der Waals surface area contributed by atoms with Gasteiger partial charge >= 0.3 is 0 Å². The molecule has 0 amide bonds. The molecule has 0 aromatic heterocycles. The van der Waals surface area contributed by atoms with E-state index in [0.29, 0.717) is 6.54 Å². The first-order valence-corrected chi connectivity index (χ1v) is 6.77. The average molecular weight is 287 g/mol. The molecule has 21 heavy (non-hydrogen) atoms. The SMILES string of the molecule is COc1ccc(NCc2cc(OC)ccc2OC)c(C)c1. The molecular weight excluding hydrogens is 266 g/mol. The van der Waals surface area contributed by atoms with Crippen LogP contribution in [0.2, 0.25) is 0 Å².